The van der Waals surface area contributed by atoms with E-state index in [9.17, 15) is 0 Å². The Bertz CT molecular complexity index is 363. The van der Waals surface area contributed by atoms with Gasteiger partial charge < -0.3 is 10.2 Å². The maximum Gasteiger partial charge on any atom is 0.156 e. The largest absolute Gasteiger partial charge is 0.362 e. The monoisotopic (exact) mass is 295 g/mol. The van der Waals surface area contributed by atoms with Gasteiger partial charge in [0.25, 0.3) is 0 Å². The Morgan fingerprint density at radius 1 is 1.30 bits per heavy atom. The Balaban J connectivity index is 1.54. The average Bonchev–Trinajstić information content (AvgIpc) is 2.45. The molecule has 1 aliphatic carbocycles. The predicted molar refractivity (Wildman–Crippen MR) is 88.5 cm³/mol. The number of likely N-dealkylation sites (tertiary alicyclic amines) is 1. The molecule has 2 unspecified atom stereocenters. The van der Waals surface area contributed by atoms with Crippen molar-refractivity contribution in [2.75, 3.05) is 32.4 Å². The Hall–Kier alpha value is -0.220. The van der Waals surface area contributed by atoms with E-state index in [2.05, 4.69) is 24.2 Å². The molecule has 1 saturated heterocycles. The molecule has 0 aromatic rings. The highest BCUT2D eigenvalue weighted by Crippen LogP contribution is 2.41. The summed E-state index contributed by atoms with van der Waals surface area (Å²) in [5, 5.41) is 4.96. The number of aliphatic imine (C=N–C) groups is 1. The van der Waals surface area contributed by atoms with Gasteiger partial charge in [-0.15, -0.1) is 0 Å². The zero-order chi connectivity index (χ0) is 14.0. The lowest BCUT2D eigenvalue weighted by atomic mass is 9.75. The van der Waals surface area contributed by atoms with Crippen LogP contribution in [0.3, 0.4) is 0 Å². The molecule has 20 heavy (non-hydrogen) atoms. The van der Waals surface area contributed by atoms with Crippen molar-refractivity contribution in [1.82, 2.24) is 10.2 Å². The summed E-state index contributed by atoms with van der Waals surface area (Å²) >= 11 is 1.99. The van der Waals surface area contributed by atoms with Crippen molar-refractivity contribution in [3.8, 4) is 0 Å². The van der Waals surface area contributed by atoms with Crippen LogP contribution < -0.4 is 5.32 Å². The van der Waals surface area contributed by atoms with Crippen molar-refractivity contribution >= 4 is 16.9 Å². The molecule has 2 atom stereocenters. The molecule has 2 fully saturated rings. The summed E-state index contributed by atoms with van der Waals surface area (Å²) in [5.74, 6) is 2.02. The molecule has 1 N–H and O–H groups in total. The predicted octanol–water partition coefficient (Wildman–Crippen LogP) is 2.97. The van der Waals surface area contributed by atoms with Crippen molar-refractivity contribution < 1.29 is 0 Å². The second-order valence-corrected chi connectivity index (χ2v) is 8.21. The Labute approximate surface area is 128 Å². The summed E-state index contributed by atoms with van der Waals surface area (Å²) in [6.07, 6.45) is 8.34. The molecule has 4 heteroatoms. The smallest absolute Gasteiger partial charge is 0.156 e. The van der Waals surface area contributed by atoms with Crippen LogP contribution in [0.5, 0.6) is 0 Å². The number of hydrogen-bond acceptors (Lipinski definition) is 4. The molecule has 3 rings (SSSR count). The van der Waals surface area contributed by atoms with E-state index in [1.54, 1.807) is 0 Å². The Morgan fingerprint density at radius 3 is 2.75 bits per heavy atom. The van der Waals surface area contributed by atoms with E-state index in [0.29, 0.717) is 11.5 Å². The Morgan fingerprint density at radius 2 is 2.10 bits per heavy atom. The van der Waals surface area contributed by atoms with E-state index in [1.807, 2.05) is 11.8 Å². The highest BCUT2D eigenvalue weighted by Gasteiger charge is 2.35. The fraction of sp³-hybridized carbons (Fsp3) is 0.938. The van der Waals surface area contributed by atoms with Gasteiger partial charge in [-0.05, 0) is 44.2 Å². The van der Waals surface area contributed by atoms with E-state index in [-0.39, 0.29) is 0 Å². The molecule has 0 aromatic heterocycles. The van der Waals surface area contributed by atoms with Crippen LogP contribution in [0.4, 0.5) is 0 Å². The molecule has 3 aliphatic rings. The molecule has 2 heterocycles. The summed E-state index contributed by atoms with van der Waals surface area (Å²) in [6.45, 7) is 5.86. The van der Waals surface area contributed by atoms with Gasteiger partial charge in [-0.2, -0.15) is 0 Å². The number of nitrogens with zero attached hydrogens (tertiary/aromatic N) is 2. The number of piperidine rings is 1. The summed E-state index contributed by atoms with van der Waals surface area (Å²) in [4.78, 5) is 7.35. The molecule has 114 valence electrons. The SMILES string of the molecule is CC1CN(C)CCC1NC1=NCC2(CCCCC2)CS1. The van der Waals surface area contributed by atoms with Gasteiger partial charge in [-0.25, -0.2) is 0 Å². The third-order valence-electron chi connectivity index (χ3n) is 5.40. The third-order valence-corrected chi connectivity index (χ3v) is 6.68. The van der Waals surface area contributed by atoms with E-state index in [0.717, 1.165) is 12.5 Å². The van der Waals surface area contributed by atoms with Gasteiger partial charge in [0.2, 0.25) is 0 Å². The van der Waals surface area contributed by atoms with Crippen LogP contribution >= 0.6 is 11.8 Å². The maximum absolute atomic E-state index is 4.91. The lowest BCUT2D eigenvalue weighted by Crippen LogP contribution is -2.49. The lowest BCUT2D eigenvalue weighted by Gasteiger charge is -2.40. The molecule has 0 aromatic carbocycles. The van der Waals surface area contributed by atoms with Crippen molar-refractivity contribution in [2.24, 2.45) is 16.3 Å². The van der Waals surface area contributed by atoms with Crippen LogP contribution in [0.25, 0.3) is 0 Å². The van der Waals surface area contributed by atoms with Crippen molar-refractivity contribution in [2.45, 2.75) is 51.5 Å². The van der Waals surface area contributed by atoms with Gasteiger partial charge >= 0.3 is 0 Å². The van der Waals surface area contributed by atoms with Crippen molar-refractivity contribution in [1.29, 1.82) is 0 Å². The zero-order valence-electron chi connectivity index (χ0n) is 13.0. The van der Waals surface area contributed by atoms with Gasteiger partial charge in [0.05, 0.1) is 0 Å². The van der Waals surface area contributed by atoms with Gasteiger partial charge in [0.15, 0.2) is 5.17 Å². The van der Waals surface area contributed by atoms with Crippen LogP contribution in [-0.2, 0) is 0 Å². The van der Waals surface area contributed by atoms with Crippen LogP contribution in [-0.4, -0.2) is 48.5 Å². The minimum Gasteiger partial charge on any atom is -0.362 e. The Kier molecular flexibility index (Phi) is 4.61. The first-order valence-corrected chi connectivity index (χ1v) is 9.28. The van der Waals surface area contributed by atoms with Gasteiger partial charge in [-0.1, -0.05) is 37.9 Å². The first kappa shape index (κ1) is 14.7. The molecule has 0 bridgehead atoms. The number of thioether (sulfide) groups is 1. The van der Waals surface area contributed by atoms with E-state index >= 15 is 0 Å². The summed E-state index contributed by atoms with van der Waals surface area (Å²) < 4.78 is 0. The van der Waals surface area contributed by atoms with Gasteiger partial charge in [0, 0.05) is 24.9 Å². The maximum atomic E-state index is 4.91. The summed E-state index contributed by atoms with van der Waals surface area (Å²) in [5.41, 5.74) is 0.548. The number of nitrogens with one attached hydrogen (secondary N) is 1. The zero-order valence-corrected chi connectivity index (χ0v) is 13.8. The number of amidine groups is 1. The van der Waals surface area contributed by atoms with Crippen LogP contribution in [0.15, 0.2) is 4.99 Å². The average molecular weight is 295 g/mol. The van der Waals surface area contributed by atoms with E-state index in [1.165, 1.54) is 62.5 Å². The quantitative estimate of drug-likeness (QED) is 0.806. The number of rotatable bonds is 1. The van der Waals surface area contributed by atoms with Gasteiger partial charge in [0.1, 0.15) is 0 Å². The van der Waals surface area contributed by atoms with Crippen LogP contribution in [0, 0.1) is 11.3 Å². The standard InChI is InChI=1S/C16H29N3S/c1-13-10-19(2)9-6-14(13)18-15-17-11-16(12-20-15)7-4-3-5-8-16/h13-14H,3-12H2,1-2H3,(H,17,18). The number of hydrogen-bond donors (Lipinski definition) is 1. The van der Waals surface area contributed by atoms with E-state index in [4.69, 9.17) is 4.99 Å². The molecule has 2 aliphatic heterocycles. The third kappa shape index (κ3) is 3.33. The first-order chi connectivity index (χ1) is 9.67. The minimum atomic E-state index is 0.548. The molecular weight excluding hydrogens is 266 g/mol. The van der Waals surface area contributed by atoms with Gasteiger partial charge in [-0.3, -0.25) is 4.99 Å². The summed E-state index contributed by atoms with van der Waals surface area (Å²) in [6, 6.07) is 0.623. The second-order valence-electron chi connectivity index (χ2n) is 7.25. The highest BCUT2D eigenvalue weighted by molar-refractivity contribution is 8.13. The second kappa shape index (κ2) is 6.27. The normalized spacial score (nSPS) is 34.8. The fourth-order valence-electron chi connectivity index (χ4n) is 3.97. The van der Waals surface area contributed by atoms with Crippen LogP contribution in [0.2, 0.25) is 0 Å². The molecule has 1 saturated carbocycles. The fourth-order valence-corrected chi connectivity index (χ4v) is 5.18. The first-order valence-electron chi connectivity index (χ1n) is 8.29. The molecular formula is C16H29N3S. The molecule has 0 amide bonds. The topological polar surface area (TPSA) is 27.6 Å². The van der Waals surface area contributed by atoms with Crippen molar-refractivity contribution in [3.63, 3.8) is 0 Å². The lowest BCUT2D eigenvalue weighted by molar-refractivity contribution is 0.187. The molecule has 3 nitrogen and oxygen atoms in total. The highest BCUT2D eigenvalue weighted by atomic mass is 32.2. The molecule has 1 spiro atoms. The van der Waals surface area contributed by atoms with Crippen molar-refractivity contribution in [3.05, 3.63) is 0 Å². The molecule has 0 radical (unpaired) electrons. The minimum absolute atomic E-state index is 0.548. The van der Waals surface area contributed by atoms with E-state index < -0.39 is 0 Å². The van der Waals surface area contributed by atoms with Crippen LogP contribution in [0.1, 0.15) is 45.4 Å². The summed E-state index contributed by atoms with van der Waals surface area (Å²) in [7, 11) is 2.23.